The molecule has 1 aliphatic rings. The number of nitrogens with one attached hydrogen (secondary N) is 3. The largest absolute Gasteiger partial charge is 0.368 e. The van der Waals surface area contributed by atoms with Crippen LogP contribution in [0.15, 0.2) is 12.1 Å². The van der Waals surface area contributed by atoms with E-state index in [0.29, 0.717) is 18.2 Å². The van der Waals surface area contributed by atoms with E-state index in [4.69, 9.17) is 0 Å². The van der Waals surface area contributed by atoms with Crippen molar-refractivity contribution >= 4 is 11.7 Å². The maximum Gasteiger partial charge on any atom is 0.271 e. The van der Waals surface area contributed by atoms with E-state index in [1.165, 1.54) is 12.8 Å². The fourth-order valence-electron chi connectivity index (χ4n) is 2.15. The molecule has 1 aliphatic heterocycles. The standard InChI is InChI=1S/C13H21N5O/c1-2-15-13(19)11-5-6-12(18-17-11)16-9-10-4-3-7-14-8-10/h5-6,10,14H,2-4,7-9H2,1H3,(H,15,19)(H,16,18). The fraction of sp³-hybridized carbons (Fsp3) is 0.615. The molecule has 1 atom stereocenters. The maximum absolute atomic E-state index is 11.5. The van der Waals surface area contributed by atoms with Crippen molar-refractivity contribution in [3.63, 3.8) is 0 Å². The summed E-state index contributed by atoms with van der Waals surface area (Å²) in [5.74, 6) is 1.18. The van der Waals surface area contributed by atoms with Gasteiger partial charge in [0, 0.05) is 13.1 Å². The Bertz CT molecular complexity index is 400. The molecule has 0 aromatic carbocycles. The van der Waals surface area contributed by atoms with E-state index in [2.05, 4.69) is 26.1 Å². The molecule has 19 heavy (non-hydrogen) atoms. The average molecular weight is 263 g/mol. The minimum atomic E-state index is -0.182. The third kappa shape index (κ3) is 4.17. The summed E-state index contributed by atoms with van der Waals surface area (Å²) in [6.07, 6.45) is 2.47. The molecule has 3 N–H and O–H groups in total. The highest BCUT2D eigenvalue weighted by molar-refractivity contribution is 5.92. The third-order valence-electron chi connectivity index (χ3n) is 3.21. The topological polar surface area (TPSA) is 78.9 Å². The first kappa shape index (κ1) is 13.7. The highest BCUT2D eigenvalue weighted by atomic mass is 16.1. The number of anilines is 1. The maximum atomic E-state index is 11.5. The van der Waals surface area contributed by atoms with Gasteiger partial charge in [0.2, 0.25) is 0 Å². The zero-order chi connectivity index (χ0) is 13.5. The molecule has 0 radical (unpaired) electrons. The second-order valence-electron chi connectivity index (χ2n) is 4.76. The van der Waals surface area contributed by atoms with E-state index in [1.54, 1.807) is 12.1 Å². The van der Waals surface area contributed by atoms with E-state index in [1.807, 2.05) is 6.92 Å². The number of hydrogen-bond acceptors (Lipinski definition) is 5. The summed E-state index contributed by atoms with van der Waals surface area (Å²) in [6, 6.07) is 3.49. The van der Waals surface area contributed by atoms with E-state index in [9.17, 15) is 4.79 Å². The quantitative estimate of drug-likeness (QED) is 0.726. The molecule has 0 spiro atoms. The molecule has 0 saturated carbocycles. The first-order valence-electron chi connectivity index (χ1n) is 6.86. The Labute approximate surface area is 113 Å². The van der Waals surface area contributed by atoms with Crippen molar-refractivity contribution in [1.29, 1.82) is 0 Å². The van der Waals surface area contributed by atoms with Crippen molar-refractivity contribution in [3.05, 3.63) is 17.8 Å². The zero-order valence-electron chi connectivity index (χ0n) is 11.3. The van der Waals surface area contributed by atoms with Gasteiger partial charge in [0.15, 0.2) is 5.69 Å². The molecule has 6 heteroatoms. The minimum absolute atomic E-state index is 0.182. The lowest BCUT2D eigenvalue weighted by Crippen LogP contribution is -2.33. The second kappa shape index (κ2) is 7.04. The molecule has 1 aromatic rings. The van der Waals surface area contributed by atoms with Crippen LogP contribution >= 0.6 is 0 Å². The molecular formula is C13H21N5O. The van der Waals surface area contributed by atoms with E-state index in [-0.39, 0.29) is 5.91 Å². The lowest BCUT2D eigenvalue weighted by molar-refractivity contribution is 0.0950. The van der Waals surface area contributed by atoms with Gasteiger partial charge >= 0.3 is 0 Å². The normalized spacial score (nSPS) is 18.9. The average Bonchev–Trinajstić information content (AvgIpc) is 2.47. The number of amides is 1. The van der Waals surface area contributed by atoms with Crippen LogP contribution in [0.2, 0.25) is 0 Å². The molecule has 1 fully saturated rings. The summed E-state index contributed by atoms with van der Waals surface area (Å²) in [5, 5.41) is 17.3. The molecule has 2 heterocycles. The highest BCUT2D eigenvalue weighted by Gasteiger charge is 2.13. The van der Waals surface area contributed by atoms with Crippen molar-refractivity contribution in [2.75, 3.05) is 31.5 Å². The van der Waals surface area contributed by atoms with Crippen LogP contribution in [0.4, 0.5) is 5.82 Å². The van der Waals surface area contributed by atoms with Crippen LogP contribution in [-0.4, -0.2) is 42.3 Å². The number of piperidine rings is 1. The van der Waals surface area contributed by atoms with Gasteiger partial charge in [-0.3, -0.25) is 4.79 Å². The van der Waals surface area contributed by atoms with Crippen LogP contribution in [0.3, 0.4) is 0 Å². The van der Waals surface area contributed by atoms with Crippen LogP contribution < -0.4 is 16.0 Å². The Morgan fingerprint density at radius 1 is 1.47 bits per heavy atom. The first-order chi connectivity index (χ1) is 9.29. The highest BCUT2D eigenvalue weighted by Crippen LogP contribution is 2.11. The second-order valence-corrected chi connectivity index (χ2v) is 4.76. The SMILES string of the molecule is CCNC(=O)c1ccc(NCC2CCCNC2)nn1. The van der Waals surface area contributed by atoms with Gasteiger partial charge in [-0.25, -0.2) is 0 Å². The molecule has 0 aliphatic carbocycles. The predicted molar refractivity (Wildman–Crippen MR) is 74.1 cm³/mol. The van der Waals surface area contributed by atoms with Crippen LogP contribution in [0.5, 0.6) is 0 Å². The molecule has 1 saturated heterocycles. The van der Waals surface area contributed by atoms with E-state index < -0.39 is 0 Å². The van der Waals surface area contributed by atoms with E-state index >= 15 is 0 Å². The monoisotopic (exact) mass is 263 g/mol. The summed E-state index contributed by atoms with van der Waals surface area (Å²) in [7, 11) is 0. The molecule has 1 unspecified atom stereocenters. The summed E-state index contributed by atoms with van der Waals surface area (Å²) in [4.78, 5) is 11.5. The van der Waals surface area contributed by atoms with Gasteiger partial charge in [0.1, 0.15) is 5.82 Å². The number of carbonyl (C=O) groups is 1. The fourth-order valence-corrected chi connectivity index (χ4v) is 2.15. The molecule has 6 nitrogen and oxygen atoms in total. The minimum Gasteiger partial charge on any atom is -0.368 e. The van der Waals surface area contributed by atoms with Crippen molar-refractivity contribution in [2.24, 2.45) is 5.92 Å². The first-order valence-corrected chi connectivity index (χ1v) is 6.86. The molecular weight excluding hydrogens is 242 g/mol. The Kier molecular flexibility index (Phi) is 5.09. The lowest BCUT2D eigenvalue weighted by atomic mass is 10.00. The van der Waals surface area contributed by atoms with Gasteiger partial charge in [0.05, 0.1) is 0 Å². The van der Waals surface area contributed by atoms with Gasteiger partial charge in [0.25, 0.3) is 5.91 Å². The summed E-state index contributed by atoms with van der Waals surface area (Å²) >= 11 is 0. The van der Waals surface area contributed by atoms with Crippen molar-refractivity contribution in [1.82, 2.24) is 20.8 Å². The van der Waals surface area contributed by atoms with Gasteiger partial charge in [-0.2, -0.15) is 0 Å². The van der Waals surface area contributed by atoms with Crippen LogP contribution in [0.25, 0.3) is 0 Å². The van der Waals surface area contributed by atoms with Gasteiger partial charge in [-0.15, -0.1) is 10.2 Å². The predicted octanol–water partition coefficient (Wildman–Crippen LogP) is 0.638. The van der Waals surface area contributed by atoms with E-state index in [0.717, 1.165) is 25.5 Å². The Morgan fingerprint density at radius 2 is 2.37 bits per heavy atom. The molecule has 1 amide bonds. The van der Waals surface area contributed by atoms with Crippen LogP contribution in [-0.2, 0) is 0 Å². The smallest absolute Gasteiger partial charge is 0.271 e. The third-order valence-corrected chi connectivity index (χ3v) is 3.21. The van der Waals surface area contributed by atoms with Crippen molar-refractivity contribution in [2.45, 2.75) is 19.8 Å². The van der Waals surface area contributed by atoms with Crippen molar-refractivity contribution < 1.29 is 4.79 Å². The molecule has 104 valence electrons. The summed E-state index contributed by atoms with van der Waals surface area (Å²) in [6.45, 7) is 5.53. The Balaban J connectivity index is 1.82. The number of aromatic nitrogens is 2. The van der Waals surface area contributed by atoms with Crippen molar-refractivity contribution in [3.8, 4) is 0 Å². The molecule has 1 aromatic heterocycles. The zero-order valence-corrected chi connectivity index (χ0v) is 11.3. The number of hydrogen-bond donors (Lipinski definition) is 3. The van der Waals surface area contributed by atoms with Gasteiger partial charge in [-0.1, -0.05) is 0 Å². The van der Waals surface area contributed by atoms with Crippen LogP contribution in [0.1, 0.15) is 30.3 Å². The Morgan fingerprint density at radius 3 is 3.00 bits per heavy atom. The van der Waals surface area contributed by atoms with Gasteiger partial charge in [-0.05, 0) is 50.9 Å². The molecule has 0 bridgehead atoms. The lowest BCUT2D eigenvalue weighted by Gasteiger charge is -2.22. The van der Waals surface area contributed by atoms with Crippen LogP contribution in [0, 0.1) is 5.92 Å². The number of nitrogens with zero attached hydrogens (tertiary/aromatic N) is 2. The Hall–Kier alpha value is -1.69. The van der Waals surface area contributed by atoms with Gasteiger partial charge < -0.3 is 16.0 Å². The summed E-state index contributed by atoms with van der Waals surface area (Å²) < 4.78 is 0. The molecule has 2 rings (SSSR count). The number of carbonyl (C=O) groups excluding carboxylic acids is 1. The number of rotatable bonds is 5. The summed E-state index contributed by atoms with van der Waals surface area (Å²) in [5.41, 5.74) is 0.353.